The van der Waals surface area contributed by atoms with Crippen LogP contribution in [0.1, 0.15) is 32.9 Å². The van der Waals surface area contributed by atoms with Gasteiger partial charge in [0.25, 0.3) is 5.91 Å². The maximum Gasteiger partial charge on any atom is 0.416 e. The van der Waals surface area contributed by atoms with Crippen molar-refractivity contribution in [2.24, 2.45) is 0 Å². The Morgan fingerprint density at radius 2 is 1.61 bits per heavy atom. The number of ether oxygens (including phenoxy) is 1. The zero-order valence-electron chi connectivity index (χ0n) is 20.5. The fraction of sp³-hybridized carbons (Fsp3) is 0.320. The Morgan fingerprint density at radius 3 is 2.13 bits per heavy atom. The molecule has 1 N–H and O–H groups in total. The molecule has 0 atom stereocenters. The van der Waals surface area contributed by atoms with Crippen molar-refractivity contribution < 1.29 is 35.9 Å². The van der Waals surface area contributed by atoms with Crippen LogP contribution in [-0.2, 0) is 18.8 Å². The van der Waals surface area contributed by atoms with E-state index in [9.17, 15) is 31.1 Å². The molecule has 0 bridgehead atoms. The number of carbonyl (C=O) groups excluding carboxylic acids is 1. The summed E-state index contributed by atoms with van der Waals surface area (Å²) in [6, 6.07) is 7.28. The lowest BCUT2D eigenvalue weighted by atomic mass is 9.95. The highest BCUT2D eigenvalue weighted by Gasteiger charge is 2.37. The molecule has 0 aliphatic heterocycles. The van der Waals surface area contributed by atoms with Crippen molar-refractivity contribution in [3.8, 4) is 17.1 Å². The topological polar surface area (TPSA) is 67.3 Å². The summed E-state index contributed by atoms with van der Waals surface area (Å²) in [5.41, 5.74) is -3.19. The predicted octanol–water partition coefficient (Wildman–Crippen LogP) is 5.73. The predicted molar refractivity (Wildman–Crippen MR) is 129 cm³/mol. The molecule has 0 radical (unpaired) electrons. The molecule has 38 heavy (non-hydrogen) atoms. The van der Waals surface area contributed by atoms with Gasteiger partial charge in [0, 0.05) is 36.2 Å². The molecule has 0 aliphatic rings. The first kappa shape index (κ1) is 29.2. The van der Waals surface area contributed by atoms with E-state index in [1.54, 1.807) is 31.1 Å². The summed E-state index contributed by atoms with van der Waals surface area (Å²) in [7, 11) is 4.92. The smallest absolute Gasteiger partial charge is 0.416 e. The maximum atomic E-state index is 13.5. The summed E-state index contributed by atoms with van der Waals surface area (Å²) in [5.74, 6) is -0.680. The van der Waals surface area contributed by atoms with Crippen LogP contribution in [0.4, 0.5) is 26.3 Å². The minimum absolute atomic E-state index is 0.0426. The number of likely N-dealkylation sites (N-methyl/N-ethyl adjacent to an activating group) is 1. The average Bonchev–Trinajstić information content (AvgIpc) is 2.82. The van der Waals surface area contributed by atoms with Crippen molar-refractivity contribution in [1.82, 2.24) is 20.2 Å². The number of hydrogen-bond acceptors (Lipinski definition) is 5. The minimum Gasteiger partial charge on any atom is -0.462 e. The van der Waals surface area contributed by atoms with Crippen molar-refractivity contribution in [3.05, 3.63) is 75.6 Å². The molecule has 1 amide bonds. The first-order valence-corrected chi connectivity index (χ1v) is 11.5. The number of carbonyl (C=O) groups is 1. The Morgan fingerprint density at radius 1 is 1.00 bits per heavy atom. The third-order valence-corrected chi connectivity index (χ3v) is 5.67. The van der Waals surface area contributed by atoms with Gasteiger partial charge in [-0.05, 0) is 43.9 Å². The quantitative estimate of drug-likeness (QED) is 0.357. The van der Waals surface area contributed by atoms with Crippen LogP contribution in [0.3, 0.4) is 0 Å². The number of aromatic nitrogens is 2. The fourth-order valence-corrected chi connectivity index (χ4v) is 3.77. The van der Waals surface area contributed by atoms with Crippen LogP contribution in [-0.4, -0.2) is 55.1 Å². The molecule has 1 aromatic heterocycles. The van der Waals surface area contributed by atoms with Crippen LogP contribution >= 0.6 is 11.6 Å². The van der Waals surface area contributed by atoms with Crippen molar-refractivity contribution >= 4 is 17.5 Å². The molecule has 3 rings (SSSR count). The number of halogens is 7. The standard InChI is InChI=1S/C25H23ClF6N4O2/c1-33-22(37)21-20(17-6-4-5-7-18(17)26)19(34-23(35-21)38-9-8-36(2)3)12-14-10-15(24(27,28)29)13-16(11-14)25(30,31)32/h4-7,10-11,13H,8-9,12H2,1-3H3,(H,33,37). The average molecular weight is 561 g/mol. The van der Waals surface area contributed by atoms with E-state index >= 15 is 0 Å². The van der Waals surface area contributed by atoms with E-state index in [1.165, 1.54) is 19.2 Å². The third-order valence-electron chi connectivity index (χ3n) is 5.34. The van der Waals surface area contributed by atoms with Crippen LogP contribution in [0.15, 0.2) is 42.5 Å². The van der Waals surface area contributed by atoms with Gasteiger partial charge < -0.3 is 15.0 Å². The maximum absolute atomic E-state index is 13.5. The monoisotopic (exact) mass is 560 g/mol. The molecule has 204 valence electrons. The Kier molecular flexibility index (Phi) is 8.88. The SMILES string of the molecule is CNC(=O)c1nc(OCCN(C)C)nc(Cc2cc(C(F)(F)F)cc(C(F)(F)F)c2)c1-c1ccccc1Cl. The molecular weight excluding hydrogens is 538 g/mol. The van der Waals surface area contributed by atoms with Gasteiger partial charge in [-0.1, -0.05) is 29.8 Å². The summed E-state index contributed by atoms with van der Waals surface area (Å²) < 4.78 is 86.4. The molecule has 1 heterocycles. The van der Waals surface area contributed by atoms with Crippen LogP contribution in [0.25, 0.3) is 11.1 Å². The van der Waals surface area contributed by atoms with E-state index in [2.05, 4.69) is 15.3 Å². The van der Waals surface area contributed by atoms with E-state index in [4.69, 9.17) is 16.3 Å². The van der Waals surface area contributed by atoms with Crippen molar-refractivity contribution in [1.29, 1.82) is 0 Å². The second-order valence-electron chi connectivity index (χ2n) is 8.48. The summed E-state index contributed by atoms with van der Waals surface area (Å²) in [6.45, 7) is 0.551. The van der Waals surface area contributed by atoms with Gasteiger partial charge in [-0.2, -0.15) is 36.3 Å². The minimum atomic E-state index is -5.03. The molecule has 13 heteroatoms. The van der Waals surface area contributed by atoms with Gasteiger partial charge in [0.1, 0.15) is 12.3 Å². The highest BCUT2D eigenvalue weighted by Crippen LogP contribution is 2.38. The fourth-order valence-electron chi connectivity index (χ4n) is 3.54. The number of alkyl halides is 6. The van der Waals surface area contributed by atoms with Gasteiger partial charge in [0.2, 0.25) is 0 Å². The van der Waals surface area contributed by atoms with Crippen LogP contribution < -0.4 is 10.1 Å². The van der Waals surface area contributed by atoms with Crippen molar-refractivity contribution in [2.45, 2.75) is 18.8 Å². The second kappa shape index (κ2) is 11.6. The number of nitrogens with zero attached hydrogens (tertiary/aromatic N) is 3. The normalized spacial score (nSPS) is 12.1. The zero-order chi connectivity index (χ0) is 28.3. The number of hydrogen-bond donors (Lipinski definition) is 1. The largest absolute Gasteiger partial charge is 0.462 e. The Balaban J connectivity index is 2.27. The molecule has 2 aromatic carbocycles. The molecule has 0 unspecified atom stereocenters. The Bertz CT molecular complexity index is 1280. The lowest BCUT2D eigenvalue weighted by Crippen LogP contribution is -2.24. The first-order chi connectivity index (χ1) is 17.7. The van der Waals surface area contributed by atoms with Crippen molar-refractivity contribution in [2.75, 3.05) is 34.3 Å². The van der Waals surface area contributed by atoms with Crippen LogP contribution in [0, 0.1) is 0 Å². The molecular formula is C25H23ClF6N4O2. The lowest BCUT2D eigenvalue weighted by Gasteiger charge is -2.18. The molecule has 0 saturated carbocycles. The summed E-state index contributed by atoms with van der Waals surface area (Å²) in [6.07, 6.45) is -10.6. The van der Waals surface area contributed by atoms with Crippen LogP contribution in [0.5, 0.6) is 6.01 Å². The molecule has 0 saturated heterocycles. The van der Waals surface area contributed by atoms with Gasteiger partial charge in [-0.3, -0.25) is 4.79 Å². The third kappa shape index (κ3) is 7.13. The Labute approximate surface area is 219 Å². The molecule has 3 aromatic rings. The molecule has 0 spiro atoms. The van der Waals surface area contributed by atoms with E-state index in [-0.39, 0.29) is 51.8 Å². The number of rotatable bonds is 8. The summed E-state index contributed by atoms with van der Waals surface area (Å²) in [5, 5.41) is 2.60. The van der Waals surface area contributed by atoms with Gasteiger partial charge in [-0.25, -0.2) is 0 Å². The highest BCUT2D eigenvalue weighted by atomic mass is 35.5. The highest BCUT2D eigenvalue weighted by molar-refractivity contribution is 6.33. The van der Waals surface area contributed by atoms with E-state index in [1.807, 2.05) is 0 Å². The zero-order valence-corrected chi connectivity index (χ0v) is 21.2. The van der Waals surface area contributed by atoms with E-state index in [0.29, 0.717) is 18.7 Å². The number of benzene rings is 2. The summed E-state index contributed by atoms with van der Waals surface area (Å²) >= 11 is 6.36. The number of amides is 1. The van der Waals surface area contributed by atoms with Gasteiger partial charge in [0.05, 0.1) is 16.8 Å². The molecule has 0 fully saturated rings. The second-order valence-corrected chi connectivity index (χ2v) is 8.89. The van der Waals surface area contributed by atoms with Crippen molar-refractivity contribution in [3.63, 3.8) is 0 Å². The lowest BCUT2D eigenvalue weighted by molar-refractivity contribution is -0.143. The summed E-state index contributed by atoms with van der Waals surface area (Å²) in [4.78, 5) is 23.1. The van der Waals surface area contributed by atoms with Gasteiger partial charge in [0.15, 0.2) is 0 Å². The Hall–Kier alpha value is -3.38. The number of nitrogens with one attached hydrogen (secondary N) is 1. The molecule has 0 aliphatic carbocycles. The van der Waals surface area contributed by atoms with Gasteiger partial charge in [-0.15, -0.1) is 0 Å². The first-order valence-electron chi connectivity index (χ1n) is 11.1. The van der Waals surface area contributed by atoms with Gasteiger partial charge >= 0.3 is 18.4 Å². The van der Waals surface area contributed by atoms with Crippen LogP contribution in [0.2, 0.25) is 5.02 Å². The molecule has 6 nitrogen and oxygen atoms in total. The van der Waals surface area contributed by atoms with E-state index in [0.717, 1.165) is 0 Å². The van der Waals surface area contributed by atoms with E-state index < -0.39 is 35.8 Å².